The van der Waals surface area contributed by atoms with E-state index in [1.165, 1.54) is 0 Å². The lowest BCUT2D eigenvalue weighted by Crippen LogP contribution is -1.98. The highest BCUT2D eigenvalue weighted by atomic mass is 79.9. The fourth-order valence-corrected chi connectivity index (χ4v) is 2.91. The van der Waals surface area contributed by atoms with E-state index in [0.29, 0.717) is 0 Å². The zero-order valence-electron chi connectivity index (χ0n) is 11.3. The van der Waals surface area contributed by atoms with E-state index < -0.39 is 0 Å². The van der Waals surface area contributed by atoms with Crippen LogP contribution in [-0.4, -0.2) is 11.4 Å². The van der Waals surface area contributed by atoms with E-state index in [1.54, 1.807) is 0 Å². The van der Waals surface area contributed by atoms with Crippen molar-refractivity contribution < 1.29 is 0 Å². The molecule has 102 valence electrons. The van der Waals surface area contributed by atoms with Crippen molar-refractivity contribution >= 4 is 43.3 Å². The Hall–Kier alpha value is -1.26. The molecule has 0 heterocycles. The number of hydrogen-bond donors (Lipinski definition) is 0. The Morgan fingerprint density at radius 2 is 1.05 bits per heavy atom. The van der Waals surface area contributed by atoms with Crippen LogP contribution in [0.5, 0.6) is 0 Å². The number of rotatable bonds is 3. The average molecular weight is 394 g/mol. The third-order valence-corrected chi connectivity index (χ3v) is 4.26. The maximum Gasteiger partial charge on any atom is 0.0683 e. The van der Waals surface area contributed by atoms with Crippen molar-refractivity contribution in [1.29, 1.82) is 0 Å². The highest BCUT2D eigenvalue weighted by Crippen LogP contribution is 2.18. The quantitative estimate of drug-likeness (QED) is 0.489. The summed E-state index contributed by atoms with van der Waals surface area (Å²) < 4.78 is 2.05. The molecule has 0 amide bonds. The van der Waals surface area contributed by atoms with Gasteiger partial charge in [0, 0.05) is 20.1 Å². The summed E-state index contributed by atoms with van der Waals surface area (Å²) in [6.07, 6.45) is 0. The minimum Gasteiger partial charge on any atom is -0.155 e. The molecule has 20 heavy (non-hydrogen) atoms. The van der Waals surface area contributed by atoms with Gasteiger partial charge >= 0.3 is 0 Å². The van der Waals surface area contributed by atoms with Crippen LogP contribution in [0.15, 0.2) is 67.7 Å². The van der Waals surface area contributed by atoms with Crippen molar-refractivity contribution in [2.75, 3.05) is 0 Å². The predicted octanol–water partition coefficient (Wildman–Crippen LogP) is 5.44. The van der Waals surface area contributed by atoms with Gasteiger partial charge < -0.3 is 0 Å². The molecule has 0 saturated carbocycles. The summed E-state index contributed by atoms with van der Waals surface area (Å²) in [6, 6.07) is 16.0. The van der Waals surface area contributed by atoms with Crippen LogP contribution in [0.3, 0.4) is 0 Å². The second kappa shape index (κ2) is 6.95. The number of nitrogens with zero attached hydrogens (tertiary/aromatic N) is 2. The smallest absolute Gasteiger partial charge is 0.0683 e. The zero-order valence-corrected chi connectivity index (χ0v) is 14.4. The lowest BCUT2D eigenvalue weighted by molar-refractivity contribution is 1.21. The standard InChI is InChI=1S/C16H14Br2N2/c1-11(13-7-3-5-9-15(13)17)19-20-12(2)14-8-4-6-10-16(14)18/h3-10H,1-2H3/b19-11+,20-12+. The molecular formula is C16H14Br2N2. The molecule has 0 aliphatic carbocycles. The van der Waals surface area contributed by atoms with Crippen LogP contribution in [0, 0.1) is 0 Å². The Balaban J connectivity index is 2.30. The third-order valence-electron chi connectivity index (χ3n) is 2.88. The summed E-state index contributed by atoms with van der Waals surface area (Å²) in [5.74, 6) is 0. The summed E-state index contributed by atoms with van der Waals surface area (Å²) in [5, 5.41) is 8.65. The van der Waals surface area contributed by atoms with E-state index in [4.69, 9.17) is 0 Å². The van der Waals surface area contributed by atoms with Crippen molar-refractivity contribution in [3.8, 4) is 0 Å². The van der Waals surface area contributed by atoms with Gasteiger partial charge in [0.25, 0.3) is 0 Å². The van der Waals surface area contributed by atoms with Gasteiger partial charge in [0.2, 0.25) is 0 Å². The van der Waals surface area contributed by atoms with Crippen LogP contribution in [0.4, 0.5) is 0 Å². The molecule has 0 atom stereocenters. The molecular weight excluding hydrogens is 380 g/mol. The molecule has 0 unspecified atom stereocenters. The second-order valence-electron chi connectivity index (χ2n) is 4.33. The van der Waals surface area contributed by atoms with Crippen LogP contribution in [0.1, 0.15) is 25.0 Å². The molecule has 0 N–H and O–H groups in total. The first-order valence-electron chi connectivity index (χ1n) is 6.18. The molecule has 0 aromatic heterocycles. The van der Waals surface area contributed by atoms with Gasteiger partial charge in [0.15, 0.2) is 0 Å². The Bertz CT molecular complexity index is 616. The molecule has 0 aliphatic rings. The minimum atomic E-state index is 0.879. The van der Waals surface area contributed by atoms with Gasteiger partial charge in [-0.1, -0.05) is 68.3 Å². The Morgan fingerprint density at radius 3 is 1.40 bits per heavy atom. The number of benzene rings is 2. The molecule has 0 spiro atoms. The van der Waals surface area contributed by atoms with E-state index in [0.717, 1.165) is 31.5 Å². The van der Waals surface area contributed by atoms with E-state index in [1.807, 2.05) is 62.4 Å². The van der Waals surface area contributed by atoms with Gasteiger partial charge in [0.05, 0.1) is 11.4 Å². The molecule has 2 rings (SSSR count). The van der Waals surface area contributed by atoms with Crippen molar-refractivity contribution in [3.05, 3.63) is 68.6 Å². The van der Waals surface area contributed by atoms with Gasteiger partial charge in [0.1, 0.15) is 0 Å². The predicted molar refractivity (Wildman–Crippen MR) is 92.7 cm³/mol. The van der Waals surface area contributed by atoms with Crippen LogP contribution < -0.4 is 0 Å². The zero-order chi connectivity index (χ0) is 14.5. The van der Waals surface area contributed by atoms with Gasteiger partial charge in [-0.25, -0.2) is 0 Å². The van der Waals surface area contributed by atoms with E-state index in [-0.39, 0.29) is 0 Å². The van der Waals surface area contributed by atoms with Crippen molar-refractivity contribution in [1.82, 2.24) is 0 Å². The first-order valence-corrected chi connectivity index (χ1v) is 7.77. The lowest BCUT2D eigenvalue weighted by Gasteiger charge is -2.03. The van der Waals surface area contributed by atoms with Crippen LogP contribution in [0.25, 0.3) is 0 Å². The maximum atomic E-state index is 4.33. The number of halogens is 2. The van der Waals surface area contributed by atoms with Gasteiger partial charge in [-0.05, 0) is 26.0 Å². The topological polar surface area (TPSA) is 24.7 Å². The summed E-state index contributed by atoms with van der Waals surface area (Å²) in [6.45, 7) is 3.91. The van der Waals surface area contributed by atoms with E-state index >= 15 is 0 Å². The molecule has 2 aromatic rings. The number of hydrogen-bond acceptors (Lipinski definition) is 2. The summed E-state index contributed by atoms with van der Waals surface area (Å²) in [4.78, 5) is 0. The highest BCUT2D eigenvalue weighted by molar-refractivity contribution is 9.10. The SMILES string of the molecule is C/C(=N\N=C(/C)c1ccccc1Br)c1ccccc1Br. The fraction of sp³-hybridized carbons (Fsp3) is 0.125. The molecule has 2 aromatic carbocycles. The molecule has 0 aliphatic heterocycles. The van der Waals surface area contributed by atoms with Crippen LogP contribution >= 0.6 is 31.9 Å². The fourth-order valence-electron chi connectivity index (χ4n) is 1.77. The van der Waals surface area contributed by atoms with Gasteiger partial charge in [-0.3, -0.25) is 0 Å². The molecule has 0 radical (unpaired) electrons. The molecule has 0 saturated heterocycles. The highest BCUT2D eigenvalue weighted by Gasteiger charge is 2.04. The normalized spacial score (nSPS) is 12.6. The summed E-state index contributed by atoms with van der Waals surface area (Å²) in [7, 11) is 0. The minimum absolute atomic E-state index is 0.879. The Labute approximate surface area is 135 Å². The van der Waals surface area contributed by atoms with Crippen molar-refractivity contribution in [2.24, 2.45) is 10.2 Å². The Morgan fingerprint density at radius 1 is 0.700 bits per heavy atom. The van der Waals surface area contributed by atoms with Crippen molar-refractivity contribution in [2.45, 2.75) is 13.8 Å². The largest absolute Gasteiger partial charge is 0.155 e. The lowest BCUT2D eigenvalue weighted by atomic mass is 10.1. The van der Waals surface area contributed by atoms with Crippen LogP contribution in [0.2, 0.25) is 0 Å². The molecule has 2 nitrogen and oxygen atoms in total. The average Bonchev–Trinajstić information content (AvgIpc) is 2.45. The van der Waals surface area contributed by atoms with Crippen LogP contribution in [-0.2, 0) is 0 Å². The monoisotopic (exact) mass is 392 g/mol. The maximum absolute atomic E-state index is 4.33. The molecule has 0 bridgehead atoms. The molecule has 0 fully saturated rings. The first kappa shape index (κ1) is 15.1. The first-order chi connectivity index (χ1) is 9.59. The second-order valence-corrected chi connectivity index (χ2v) is 6.04. The van der Waals surface area contributed by atoms with Crippen molar-refractivity contribution in [3.63, 3.8) is 0 Å². The summed E-state index contributed by atoms with van der Waals surface area (Å²) in [5.41, 5.74) is 3.86. The van der Waals surface area contributed by atoms with Gasteiger partial charge in [-0.15, -0.1) is 0 Å². The van der Waals surface area contributed by atoms with E-state index in [9.17, 15) is 0 Å². The molecule has 4 heteroatoms. The van der Waals surface area contributed by atoms with Gasteiger partial charge in [-0.2, -0.15) is 10.2 Å². The summed E-state index contributed by atoms with van der Waals surface area (Å²) >= 11 is 7.05. The Kier molecular flexibility index (Phi) is 5.26. The third kappa shape index (κ3) is 3.64. The van der Waals surface area contributed by atoms with E-state index in [2.05, 4.69) is 42.1 Å².